The van der Waals surface area contributed by atoms with E-state index in [1.807, 2.05) is 24.3 Å². The molecular weight excluding hydrogens is 252 g/mol. The summed E-state index contributed by atoms with van der Waals surface area (Å²) in [5, 5.41) is 17.7. The van der Waals surface area contributed by atoms with Gasteiger partial charge < -0.3 is 10.8 Å². The van der Waals surface area contributed by atoms with Gasteiger partial charge in [-0.1, -0.05) is 28.9 Å². The van der Waals surface area contributed by atoms with Gasteiger partial charge in [-0.05, 0) is 18.6 Å². The molecule has 0 aliphatic carbocycles. The van der Waals surface area contributed by atoms with Gasteiger partial charge in [0.15, 0.2) is 0 Å². The van der Waals surface area contributed by atoms with Crippen LogP contribution in [-0.2, 0) is 13.1 Å². The van der Waals surface area contributed by atoms with Crippen LogP contribution in [-0.4, -0.2) is 26.7 Å². The summed E-state index contributed by atoms with van der Waals surface area (Å²) in [6.07, 6.45) is 0.626. The van der Waals surface area contributed by atoms with E-state index in [1.54, 1.807) is 4.68 Å². The quantitative estimate of drug-likeness (QED) is 0.859. The minimum atomic E-state index is 0.118. The third-order valence-electron chi connectivity index (χ3n) is 2.62. The van der Waals surface area contributed by atoms with Gasteiger partial charge in [-0.15, -0.1) is 5.10 Å². The average Bonchev–Trinajstić information content (AvgIpc) is 2.79. The number of hydrogen-bond acceptors (Lipinski definition) is 4. The molecule has 1 aromatic carbocycles. The van der Waals surface area contributed by atoms with Crippen molar-refractivity contribution in [1.82, 2.24) is 15.0 Å². The van der Waals surface area contributed by atoms with Crippen LogP contribution >= 0.6 is 11.6 Å². The van der Waals surface area contributed by atoms with Crippen molar-refractivity contribution >= 4 is 11.6 Å². The SMILES string of the molecule is NCc1nnn(CCCO)c1-c1cccc(Cl)c1. The molecular formula is C12H15ClN4O. The van der Waals surface area contributed by atoms with E-state index < -0.39 is 0 Å². The smallest absolute Gasteiger partial charge is 0.104 e. The second-order valence-electron chi connectivity index (χ2n) is 3.90. The first kappa shape index (κ1) is 13.0. The van der Waals surface area contributed by atoms with Gasteiger partial charge in [0, 0.05) is 30.3 Å². The van der Waals surface area contributed by atoms with E-state index >= 15 is 0 Å². The summed E-state index contributed by atoms with van der Waals surface area (Å²) >= 11 is 5.99. The van der Waals surface area contributed by atoms with Crippen LogP contribution in [0.2, 0.25) is 5.02 Å². The lowest BCUT2D eigenvalue weighted by Crippen LogP contribution is -2.06. The first-order chi connectivity index (χ1) is 8.76. The molecule has 0 saturated carbocycles. The Morgan fingerprint density at radius 2 is 2.22 bits per heavy atom. The Labute approximate surface area is 110 Å². The van der Waals surface area contributed by atoms with Crippen LogP contribution in [0.5, 0.6) is 0 Å². The standard InChI is InChI=1S/C12H15ClN4O/c13-10-4-1-3-9(7-10)12-11(8-14)15-16-17(12)5-2-6-18/h1,3-4,7,18H,2,5-6,8,14H2. The normalized spacial score (nSPS) is 10.8. The topological polar surface area (TPSA) is 77.0 Å². The maximum Gasteiger partial charge on any atom is 0.104 e. The summed E-state index contributed by atoms with van der Waals surface area (Å²) in [7, 11) is 0. The molecule has 0 aliphatic rings. The molecule has 0 amide bonds. The van der Waals surface area contributed by atoms with Crippen molar-refractivity contribution in [2.45, 2.75) is 19.5 Å². The lowest BCUT2D eigenvalue weighted by Gasteiger charge is -2.07. The molecule has 96 valence electrons. The lowest BCUT2D eigenvalue weighted by molar-refractivity contribution is 0.276. The second-order valence-corrected chi connectivity index (χ2v) is 4.34. The summed E-state index contributed by atoms with van der Waals surface area (Å²) in [6, 6.07) is 7.49. The largest absolute Gasteiger partial charge is 0.396 e. The zero-order chi connectivity index (χ0) is 13.0. The summed E-state index contributed by atoms with van der Waals surface area (Å²) < 4.78 is 1.75. The molecule has 0 fully saturated rings. The van der Waals surface area contributed by atoms with E-state index in [4.69, 9.17) is 22.4 Å². The summed E-state index contributed by atoms with van der Waals surface area (Å²) in [5.41, 5.74) is 8.21. The number of aliphatic hydroxyl groups excluding tert-OH is 1. The first-order valence-corrected chi connectivity index (χ1v) is 6.13. The van der Waals surface area contributed by atoms with Gasteiger partial charge in [-0.25, -0.2) is 4.68 Å². The van der Waals surface area contributed by atoms with Crippen molar-refractivity contribution in [3.8, 4) is 11.3 Å². The molecule has 0 radical (unpaired) electrons. The third kappa shape index (κ3) is 2.69. The molecule has 0 atom stereocenters. The molecule has 0 bridgehead atoms. The van der Waals surface area contributed by atoms with Crippen LogP contribution in [0.15, 0.2) is 24.3 Å². The number of hydrogen-bond donors (Lipinski definition) is 2. The van der Waals surface area contributed by atoms with Crippen molar-refractivity contribution in [3.05, 3.63) is 35.0 Å². The maximum atomic E-state index is 8.89. The van der Waals surface area contributed by atoms with Gasteiger partial charge in [0.25, 0.3) is 0 Å². The lowest BCUT2D eigenvalue weighted by atomic mass is 10.1. The summed E-state index contributed by atoms with van der Waals surface area (Å²) in [6.45, 7) is 1.04. The highest BCUT2D eigenvalue weighted by atomic mass is 35.5. The summed E-state index contributed by atoms with van der Waals surface area (Å²) in [4.78, 5) is 0. The van der Waals surface area contributed by atoms with E-state index in [0.717, 1.165) is 17.0 Å². The zero-order valence-electron chi connectivity index (χ0n) is 9.88. The fraction of sp³-hybridized carbons (Fsp3) is 0.333. The molecule has 18 heavy (non-hydrogen) atoms. The van der Waals surface area contributed by atoms with Gasteiger partial charge in [0.1, 0.15) is 5.69 Å². The van der Waals surface area contributed by atoms with E-state index in [9.17, 15) is 0 Å². The highest BCUT2D eigenvalue weighted by molar-refractivity contribution is 6.30. The molecule has 2 rings (SSSR count). The van der Waals surface area contributed by atoms with Crippen molar-refractivity contribution in [2.75, 3.05) is 6.61 Å². The molecule has 3 N–H and O–H groups in total. The fourth-order valence-electron chi connectivity index (χ4n) is 1.81. The minimum Gasteiger partial charge on any atom is -0.396 e. The van der Waals surface area contributed by atoms with E-state index in [1.165, 1.54) is 0 Å². The van der Waals surface area contributed by atoms with Gasteiger partial charge in [0.2, 0.25) is 0 Å². The predicted molar refractivity (Wildman–Crippen MR) is 70.1 cm³/mol. The molecule has 0 aliphatic heterocycles. The highest BCUT2D eigenvalue weighted by Gasteiger charge is 2.13. The van der Waals surface area contributed by atoms with E-state index in [2.05, 4.69) is 10.3 Å². The first-order valence-electron chi connectivity index (χ1n) is 5.75. The maximum absolute atomic E-state index is 8.89. The van der Waals surface area contributed by atoms with Crippen LogP contribution in [0.3, 0.4) is 0 Å². The number of nitrogens with zero attached hydrogens (tertiary/aromatic N) is 3. The number of aliphatic hydroxyl groups is 1. The number of halogens is 1. The molecule has 0 saturated heterocycles. The van der Waals surface area contributed by atoms with E-state index in [-0.39, 0.29) is 6.61 Å². The number of aryl methyl sites for hydroxylation is 1. The zero-order valence-corrected chi connectivity index (χ0v) is 10.6. The van der Waals surface area contributed by atoms with Gasteiger partial charge in [0.05, 0.1) is 5.69 Å². The predicted octanol–water partition coefficient (Wildman–Crippen LogP) is 1.44. The van der Waals surface area contributed by atoms with Gasteiger partial charge >= 0.3 is 0 Å². The van der Waals surface area contributed by atoms with Gasteiger partial charge in [-0.2, -0.15) is 0 Å². The molecule has 1 heterocycles. The Bertz CT molecular complexity index is 527. The Morgan fingerprint density at radius 3 is 2.89 bits per heavy atom. The van der Waals surface area contributed by atoms with Crippen LogP contribution in [0.1, 0.15) is 12.1 Å². The minimum absolute atomic E-state index is 0.118. The van der Waals surface area contributed by atoms with Crippen LogP contribution < -0.4 is 5.73 Å². The van der Waals surface area contributed by atoms with Crippen molar-refractivity contribution in [2.24, 2.45) is 5.73 Å². The van der Waals surface area contributed by atoms with Crippen LogP contribution in [0, 0.1) is 0 Å². The van der Waals surface area contributed by atoms with Crippen molar-refractivity contribution in [1.29, 1.82) is 0 Å². The van der Waals surface area contributed by atoms with Crippen molar-refractivity contribution in [3.63, 3.8) is 0 Å². The Morgan fingerprint density at radius 1 is 1.39 bits per heavy atom. The van der Waals surface area contributed by atoms with Crippen molar-refractivity contribution < 1.29 is 5.11 Å². The molecule has 2 aromatic rings. The monoisotopic (exact) mass is 266 g/mol. The molecule has 0 unspecified atom stereocenters. The number of aromatic nitrogens is 3. The van der Waals surface area contributed by atoms with Gasteiger partial charge in [-0.3, -0.25) is 0 Å². The van der Waals surface area contributed by atoms with E-state index in [0.29, 0.717) is 24.5 Å². The Hall–Kier alpha value is -1.43. The fourth-order valence-corrected chi connectivity index (χ4v) is 2.01. The molecule has 1 aromatic heterocycles. The number of nitrogens with two attached hydrogens (primary N) is 1. The Balaban J connectivity index is 2.43. The van der Waals surface area contributed by atoms with Crippen LogP contribution in [0.4, 0.5) is 0 Å². The highest BCUT2D eigenvalue weighted by Crippen LogP contribution is 2.25. The summed E-state index contributed by atoms with van der Waals surface area (Å²) in [5.74, 6) is 0. The number of rotatable bonds is 5. The third-order valence-corrected chi connectivity index (χ3v) is 2.86. The van der Waals surface area contributed by atoms with Crippen LogP contribution in [0.25, 0.3) is 11.3 Å². The number of benzene rings is 1. The average molecular weight is 267 g/mol. The molecule has 5 nitrogen and oxygen atoms in total. The second kappa shape index (κ2) is 5.95. The Kier molecular flexibility index (Phi) is 4.30. The molecule has 6 heteroatoms. The molecule has 0 spiro atoms.